The van der Waals surface area contributed by atoms with Gasteiger partial charge in [-0.1, -0.05) is 42.5 Å². The number of carbonyl (C=O) groups is 3. The van der Waals surface area contributed by atoms with E-state index in [-0.39, 0.29) is 18.4 Å². The van der Waals surface area contributed by atoms with Gasteiger partial charge in [0.1, 0.15) is 5.65 Å². The Bertz CT molecular complexity index is 1510. The quantitative estimate of drug-likeness (QED) is 0.339. The molecule has 0 atom stereocenters. The smallest absolute Gasteiger partial charge is 0.324 e. The molecule has 9 nitrogen and oxygen atoms in total. The van der Waals surface area contributed by atoms with Crippen molar-refractivity contribution < 1.29 is 14.4 Å². The van der Waals surface area contributed by atoms with Crippen molar-refractivity contribution >= 4 is 51.9 Å². The summed E-state index contributed by atoms with van der Waals surface area (Å²) in [5.74, 6) is -0.757. The van der Waals surface area contributed by atoms with Crippen LogP contribution in [0.4, 0.5) is 16.2 Å². The molecule has 0 spiro atoms. The number of nitrogens with two attached hydrogens (primary N) is 1. The number of hydrogen-bond donors (Lipinski definition) is 3. The highest BCUT2D eigenvalue weighted by molar-refractivity contribution is 6.24. The number of anilines is 2. The van der Waals surface area contributed by atoms with Crippen LogP contribution in [-0.2, 0) is 16.0 Å². The summed E-state index contributed by atoms with van der Waals surface area (Å²) in [5, 5.41) is 3.65. The molecule has 1 aliphatic rings. The highest BCUT2D eigenvalue weighted by Gasteiger charge is 2.26. The summed E-state index contributed by atoms with van der Waals surface area (Å²) >= 11 is 0. The first-order valence-electron chi connectivity index (χ1n) is 11.8. The normalized spacial score (nSPS) is 13.9. The van der Waals surface area contributed by atoms with Crippen LogP contribution in [-0.4, -0.2) is 52.9 Å². The van der Waals surface area contributed by atoms with Gasteiger partial charge in [0.25, 0.3) is 0 Å². The van der Waals surface area contributed by atoms with E-state index in [2.05, 4.69) is 15.3 Å². The number of aromatic amines is 1. The molecule has 4 amide bonds. The predicted molar refractivity (Wildman–Crippen MR) is 144 cm³/mol. The van der Waals surface area contributed by atoms with E-state index in [9.17, 15) is 14.4 Å². The average Bonchev–Trinajstić information content (AvgIpc) is 3.46. The van der Waals surface area contributed by atoms with Gasteiger partial charge in [0, 0.05) is 54.7 Å². The van der Waals surface area contributed by atoms with Gasteiger partial charge in [-0.2, -0.15) is 0 Å². The minimum atomic E-state index is -0.555. The maximum absolute atomic E-state index is 12.9. The van der Waals surface area contributed by atoms with Crippen LogP contribution in [0.3, 0.4) is 0 Å². The van der Waals surface area contributed by atoms with Gasteiger partial charge in [-0.25, -0.2) is 9.78 Å². The van der Waals surface area contributed by atoms with Crippen molar-refractivity contribution in [2.75, 3.05) is 30.4 Å². The number of pyridine rings is 1. The Labute approximate surface area is 213 Å². The van der Waals surface area contributed by atoms with Crippen molar-refractivity contribution in [3.63, 3.8) is 0 Å². The summed E-state index contributed by atoms with van der Waals surface area (Å²) in [6, 6.07) is 18.3. The van der Waals surface area contributed by atoms with Gasteiger partial charge >= 0.3 is 6.03 Å². The van der Waals surface area contributed by atoms with Gasteiger partial charge < -0.3 is 20.9 Å². The third-order valence-corrected chi connectivity index (χ3v) is 6.36. The second-order valence-electron chi connectivity index (χ2n) is 8.86. The van der Waals surface area contributed by atoms with E-state index in [1.807, 2.05) is 54.6 Å². The highest BCUT2D eigenvalue weighted by Crippen LogP contribution is 2.29. The lowest BCUT2D eigenvalue weighted by Crippen LogP contribution is -2.29. The Morgan fingerprint density at radius 2 is 1.84 bits per heavy atom. The number of hydrogen-bond acceptors (Lipinski definition) is 4. The standard InChI is InChI=1S/C28H26N6O3/c1-33-13-14-34(28(33)37)21-9-7-18(8-10-21)15-24(35)32-23-11-12-30-27-25(23)20(17-31-27)16-22(26(29)36)19-5-3-2-4-6-19/h2-12,16-17H,13-15H2,1H3,(H2,29,36)(H2,30,31,32,35). The minimum absolute atomic E-state index is 0.0321. The second kappa shape index (κ2) is 9.98. The number of likely N-dealkylation sites (N-methyl/N-ethyl adjacent to an activating group) is 1. The van der Waals surface area contributed by atoms with Crippen molar-refractivity contribution in [1.29, 1.82) is 0 Å². The van der Waals surface area contributed by atoms with Crippen LogP contribution >= 0.6 is 0 Å². The molecule has 1 aliphatic heterocycles. The van der Waals surface area contributed by atoms with Crippen LogP contribution in [0.5, 0.6) is 0 Å². The van der Waals surface area contributed by atoms with Crippen LogP contribution in [0.15, 0.2) is 73.1 Å². The number of benzene rings is 2. The number of carbonyl (C=O) groups excluding carboxylic acids is 3. The minimum Gasteiger partial charge on any atom is -0.366 e. The average molecular weight is 495 g/mol. The summed E-state index contributed by atoms with van der Waals surface area (Å²) in [6.45, 7) is 1.33. The first-order chi connectivity index (χ1) is 17.9. The van der Waals surface area contributed by atoms with Crippen LogP contribution in [0.1, 0.15) is 16.7 Å². The largest absolute Gasteiger partial charge is 0.366 e. The first kappa shape index (κ1) is 23.8. The number of urea groups is 1. The SMILES string of the molecule is CN1CCN(c2ccc(CC(=O)Nc3ccnc4[nH]cc(C=C(C(N)=O)c5ccccc5)c34)cc2)C1=O. The van der Waals surface area contributed by atoms with Crippen molar-refractivity contribution in [2.45, 2.75) is 6.42 Å². The van der Waals surface area contributed by atoms with E-state index in [0.717, 1.165) is 11.3 Å². The van der Waals surface area contributed by atoms with Crippen molar-refractivity contribution in [2.24, 2.45) is 5.73 Å². The fraction of sp³-hybridized carbons (Fsp3) is 0.143. The van der Waals surface area contributed by atoms with Gasteiger partial charge in [0.15, 0.2) is 0 Å². The Kier molecular flexibility index (Phi) is 6.42. The molecule has 0 radical (unpaired) electrons. The molecule has 0 saturated carbocycles. The Balaban J connectivity index is 1.37. The molecule has 1 fully saturated rings. The Morgan fingerprint density at radius 1 is 1.08 bits per heavy atom. The molecule has 0 bridgehead atoms. The summed E-state index contributed by atoms with van der Waals surface area (Å²) < 4.78 is 0. The maximum atomic E-state index is 12.9. The zero-order valence-electron chi connectivity index (χ0n) is 20.3. The molecule has 1 saturated heterocycles. The zero-order chi connectivity index (χ0) is 25.9. The highest BCUT2D eigenvalue weighted by atomic mass is 16.2. The van der Waals surface area contributed by atoms with E-state index in [1.54, 1.807) is 41.4 Å². The van der Waals surface area contributed by atoms with E-state index >= 15 is 0 Å². The summed E-state index contributed by atoms with van der Waals surface area (Å²) in [4.78, 5) is 48.2. The topological polar surface area (TPSA) is 124 Å². The fourth-order valence-corrected chi connectivity index (χ4v) is 4.43. The molecular formula is C28H26N6O3. The lowest BCUT2D eigenvalue weighted by Gasteiger charge is -2.16. The van der Waals surface area contributed by atoms with E-state index in [0.29, 0.717) is 46.5 Å². The van der Waals surface area contributed by atoms with Gasteiger partial charge in [-0.3, -0.25) is 14.5 Å². The van der Waals surface area contributed by atoms with Crippen molar-refractivity contribution in [1.82, 2.24) is 14.9 Å². The number of primary amides is 1. The van der Waals surface area contributed by atoms with Crippen LogP contribution in [0, 0.1) is 0 Å². The van der Waals surface area contributed by atoms with Crippen LogP contribution in [0.25, 0.3) is 22.7 Å². The molecule has 3 heterocycles. The number of fused-ring (bicyclic) bond motifs is 1. The lowest BCUT2D eigenvalue weighted by atomic mass is 10.0. The number of H-pyrrole nitrogens is 1. The molecule has 2 aromatic heterocycles. The summed E-state index contributed by atoms with van der Waals surface area (Å²) in [6.07, 6.45) is 5.19. The van der Waals surface area contributed by atoms with E-state index in [1.165, 1.54) is 0 Å². The monoisotopic (exact) mass is 494 g/mol. The van der Waals surface area contributed by atoms with Gasteiger partial charge in [0.05, 0.1) is 12.1 Å². The Morgan fingerprint density at radius 3 is 2.51 bits per heavy atom. The molecule has 186 valence electrons. The summed E-state index contributed by atoms with van der Waals surface area (Å²) in [7, 11) is 1.78. The van der Waals surface area contributed by atoms with Crippen molar-refractivity contribution in [3.05, 3.63) is 89.7 Å². The zero-order valence-corrected chi connectivity index (χ0v) is 20.3. The number of amides is 4. The number of nitrogens with one attached hydrogen (secondary N) is 2. The van der Waals surface area contributed by atoms with Gasteiger partial charge in [-0.05, 0) is 35.4 Å². The molecule has 4 aromatic rings. The number of rotatable bonds is 7. The number of nitrogens with zero attached hydrogens (tertiary/aromatic N) is 3. The molecule has 4 N–H and O–H groups in total. The fourth-order valence-electron chi connectivity index (χ4n) is 4.43. The second-order valence-corrected chi connectivity index (χ2v) is 8.86. The van der Waals surface area contributed by atoms with E-state index < -0.39 is 5.91 Å². The maximum Gasteiger partial charge on any atom is 0.324 e. The molecule has 0 aliphatic carbocycles. The predicted octanol–water partition coefficient (Wildman–Crippen LogP) is 3.64. The molecule has 5 rings (SSSR count). The summed E-state index contributed by atoms with van der Waals surface area (Å²) in [5.41, 5.74) is 10.2. The molecule has 0 unspecified atom stereocenters. The van der Waals surface area contributed by atoms with Crippen LogP contribution in [0.2, 0.25) is 0 Å². The third kappa shape index (κ3) is 4.92. The van der Waals surface area contributed by atoms with Crippen LogP contribution < -0.4 is 16.0 Å². The van der Waals surface area contributed by atoms with E-state index in [4.69, 9.17) is 5.73 Å². The number of aromatic nitrogens is 2. The molecule has 9 heteroatoms. The van der Waals surface area contributed by atoms with Gasteiger partial charge in [-0.15, -0.1) is 0 Å². The molecule has 37 heavy (non-hydrogen) atoms. The first-order valence-corrected chi connectivity index (χ1v) is 11.8. The third-order valence-electron chi connectivity index (χ3n) is 6.36. The lowest BCUT2D eigenvalue weighted by molar-refractivity contribution is -0.115. The Hall–Kier alpha value is -4.92. The molecule has 2 aromatic carbocycles. The molecular weight excluding hydrogens is 468 g/mol. The van der Waals surface area contributed by atoms with Crippen molar-refractivity contribution in [3.8, 4) is 0 Å². The van der Waals surface area contributed by atoms with Gasteiger partial charge in [0.2, 0.25) is 11.8 Å².